The molecule has 2 rings (SSSR count). The Kier molecular flexibility index (Phi) is 5.29. The molecular weight excluding hydrogens is 270 g/mol. The minimum absolute atomic E-state index is 0.139. The Balaban J connectivity index is 1.88. The van der Waals surface area contributed by atoms with Gasteiger partial charge in [-0.05, 0) is 29.8 Å². The number of benzene rings is 2. The van der Waals surface area contributed by atoms with E-state index in [0.29, 0.717) is 12.3 Å². The molecule has 0 saturated heterocycles. The molecule has 0 bridgehead atoms. The molecule has 0 aliphatic rings. The first-order valence-electron chi connectivity index (χ1n) is 6.71. The normalized spacial score (nSPS) is 10.3. The molecule has 0 radical (unpaired) electrons. The van der Waals surface area contributed by atoms with Crippen molar-refractivity contribution < 1.29 is 19.1 Å². The molecule has 0 saturated carbocycles. The first kappa shape index (κ1) is 15.0. The molecule has 2 aromatic carbocycles. The molecule has 0 aliphatic heterocycles. The fraction of sp³-hybridized carbons (Fsp3) is 0.250. The van der Waals surface area contributed by atoms with Crippen molar-refractivity contribution in [2.24, 2.45) is 0 Å². The predicted molar refractivity (Wildman–Crippen MR) is 80.0 cm³/mol. The molecule has 21 heavy (non-hydrogen) atoms. The van der Waals surface area contributed by atoms with Gasteiger partial charge in [-0.3, -0.25) is 4.79 Å². The lowest BCUT2D eigenvalue weighted by Gasteiger charge is -2.07. The summed E-state index contributed by atoms with van der Waals surface area (Å²) >= 11 is 0. The van der Waals surface area contributed by atoms with Gasteiger partial charge in [0.15, 0.2) is 6.61 Å². The molecule has 0 aromatic heterocycles. The van der Waals surface area contributed by atoms with Crippen LogP contribution >= 0.6 is 0 Å². The van der Waals surface area contributed by atoms with Gasteiger partial charge in [-0.25, -0.2) is 4.79 Å². The smallest absolute Gasteiger partial charge is 0.332 e. The van der Waals surface area contributed by atoms with E-state index in [2.05, 4.69) is 5.32 Å². The van der Waals surface area contributed by atoms with Crippen LogP contribution in [-0.4, -0.2) is 31.7 Å². The highest BCUT2D eigenvalue weighted by molar-refractivity contribution is 5.95. The van der Waals surface area contributed by atoms with Crippen molar-refractivity contribution in [3.8, 4) is 0 Å². The third-order valence-corrected chi connectivity index (χ3v) is 2.82. The maximum Gasteiger partial charge on any atom is 0.332 e. The topological polar surface area (TPSA) is 64.6 Å². The summed E-state index contributed by atoms with van der Waals surface area (Å²) in [7, 11) is 0. The summed E-state index contributed by atoms with van der Waals surface area (Å²) in [4.78, 5) is 22.9. The second kappa shape index (κ2) is 7.40. The maximum atomic E-state index is 11.7. The summed E-state index contributed by atoms with van der Waals surface area (Å²) in [6, 6.07) is 13.5. The molecule has 1 N–H and O–H groups in total. The van der Waals surface area contributed by atoms with Crippen LogP contribution in [0.1, 0.15) is 6.92 Å². The van der Waals surface area contributed by atoms with Crippen LogP contribution in [0.5, 0.6) is 0 Å². The van der Waals surface area contributed by atoms with E-state index in [9.17, 15) is 9.59 Å². The number of fused-ring (bicyclic) bond motifs is 1. The van der Waals surface area contributed by atoms with E-state index in [0.717, 1.165) is 10.8 Å². The van der Waals surface area contributed by atoms with E-state index in [1.807, 2.05) is 42.5 Å². The number of carbonyl (C=O) groups excluding carboxylic acids is 2. The minimum atomic E-state index is -0.550. The summed E-state index contributed by atoms with van der Waals surface area (Å²) in [5, 5.41) is 4.82. The summed E-state index contributed by atoms with van der Waals surface area (Å²) in [5.41, 5.74) is 0.666. The number of nitrogens with one attached hydrogen (secondary N) is 1. The summed E-state index contributed by atoms with van der Waals surface area (Å²) in [5.74, 6) is -0.930. The second-order valence-corrected chi connectivity index (χ2v) is 4.41. The van der Waals surface area contributed by atoms with Gasteiger partial charge in [0.25, 0.3) is 5.91 Å². The lowest BCUT2D eigenvalue weighted by molar-refractivity contribution is -0.151. The Labute approximate surface area is 122 Å². The highest BCUT2D eigenvalue weighted by atomic mass is 16.6. The molecule has 0 unspecified atom stereocenters. The van der Waals surface area contributed by atoms with Crippen LogP contribution in [0.2, 0.25) is 0 Å². The third kappa shape index (κ3) is 4.57. The van der Waals surface area contributed by atoms with Gasteiger partial charge >= 0.3 is 5.97 Å². The number of rotatable bonds is 6. The number of esters is 1. The zero-order valence-electron chi connectivity index (χ0n) is 11.8. The van der Waals surface area contributed by atoms with Gasteiger partial charge in [-0.15, -0.1) is 0 Å². The number of ether oxygens (including phenoxy) is 2. The van der Waals surface area contributed by atoms with Crippen LogP contribution in [0, 0.1) is 0 Å². The van der Waals surface area contributed by atoms with Gasteiger partial charge in [0.1, 0.15) is 6.61 Å². The Morgan fingerprint density at radius 1 is 1.05 bits per heavy atom. The molecule has 110 valence electrons. The predicted octanol–water partition coefficient (Wildman–Crippen LogP) is 2.36. The molecule has 0 spiro atoms. The number of hydrogen-bond acceptors (Lipinski definition) is 4. The lowest BCUT2D eigenvalue weighted by atomic mass is 10.1. The number of anilines is 1. The van der Waals surface area contributed by atoms with E-state index in [1.54, 1.807) is 6.92 Å². The van der Waals surface area contributed by atoms with Crippen LogP contribution in [0.3, 0.4) is 0 Å². The van der Waals surface area contributed by atoms with Crippen LogP contribution in [0.25, 0.3) is 10.8 Å². The fourth-order valence-corrected chi connectivity index (χ4v) is 1.84. The quantitative estimate of drug-likeness (QED) is 0.828. The summed E-state index contributed by atoms with van der Waals surface area (Å²) in [6.07, 6.45) is 0. The van der Waals surface area contributed by atoms with Gasteiger partial charge in [-0.1, -0.05) is 30.3 Å². The molecule has 5 heteroatoms. The molecule has 0 heterocycles. The lowest BCUT2D eigenvalue weighted by Crippen LogP contribution is -2.22. The molecule has 1 amide bonds. The largest absolute Gasteiger partial charge is 0.454 e. The highest BCUT2D eigenvalue weighted by Crippen LogP contribution is 2.18. The van der Waals surface area contributed by atoms with Crippen LogP contribution < -0.4 is 5.32 Å². The van der Waals surface area contributed by atoms with Crippen molar-refractivity contribution >= 4 is 28.3 Å². The van der Waals surface area contributed by atoms with E-state index >= 15 is 0 Å². The summed E-state index contributed by atoms with van der Waals surface area (Å²) < 4.78 is 9.68. The van der Waals surface area contributed by atoms with Crippen molar-refractivity contribution in [3.05, 3.63) is 42.5 Å². The molecule has 0 fully saturated rings. The SMILES string of the molecule is CCOCC(=O)OCC(=O)Nc1ccc2ccccc2c1. The van der Waals surface area contributed by atoms with Crippen LogP contribution in [0.15, 0.2) is 42.5 Å². The Morgan fingerprint density at radius 2 is 1.81 bits per heavy atom. The van der Waals surface area contributed by atoms with Gasteiger partial charge in [0, 0.05) is 12.3 Å². The van der Waals surface area contributed by atoms with Crippen molar-refractivity contribution in [2.75, 3.05) is 25.1 Å². The van der Waals surface area contributed by atoms with Crippen LogP contribution in [-0.2, 0) is 19.1 Å². The molecule has 5 nitrogen and oxygen atoms in total. The summed E-state index contributed by atoms with van der Waals surface area (Å²) in [6.45, 7) is 1.75. The van der Waals surface area contributed by atoms with Gasteiger partial charge in [-0.2, -0.15) is 0 Å². The van der Waals surface area contributed by atoms with Crippen molar-refractivity contribution in [1.29, 1.82) is 0 Å². The average Bonchev–Trinajstić information content (AvgIpc) is 2.50. The van der Waals surface area contributed by atoms with E-state index in [1.165, 1.54) is 0 Å². The van der Waals surface area contributed by atoms with Gasteiger partial charge in [0.2, 0.25) is 0 Å². The maximum absolute atomic E-state index is 11.7. The van der Waals surface area contributed by atoms with E-state index in [4.69, 9.17) is 9.47 Å². The van der Waals surface area contributed by atoms with E-state index < -0.39 is 5.97 Å². The zero-order valence-corrected chi connectivity index (χ0v) is 11.8. The molecule has 0 atom stereocenters. The number of carbonyl (C=O) groups is 2. The standard InChI is InChI=1S/C16H17NO4/c1-2-20-11-16(19)21-10-15(18)17-14-8-7-12-5-3-4-6-13(12)9-14/h3-9H,2,10-11H2,1H3,(H,17,18). The van der Waals surface area contributed by atoms with Gasteiger partial charge < -0.3 is 14.8 Å². The van der Waals surface area contributed by atoms with Gasteiger partial charge in [0.05, 0.1) is 0 Å². The van der Waals surface area contributed by atoms with E-state index in [-0.39, 0.29) is 19.1 Å². The van der Waals surface area contributed by atoms with Crippen LogP contribution in [0.4, 0.5) is 5.69 Å². The molecular formula is C16H17NO4. The third-order valence-electron chi connectivity index (χ3n) is 2.82. The second-order valence-electron chi connectivity index (χ2n) is 4.41. The first-order valence-corrected chi connectivity index (χ1v) is 6.71. The monoisotopic (exact) mass is 287 g/mol. The highest BCUT2D eigenvalue weighted by Gasteiger charge is 2.08. The fourth-order valence-electron chi connectivity index (χ4n) is 1.84. The van der Waals surface area contributed by atoms with Crippen molar-refractivity contribution in [1.82, 2.24) is 0 Å². The van der Waals surface area contributed by atoms with Crippen molar-refractivity contribution in [3.63, 3.8) is 0 Å². The first-order chi connectivity index (χ1) is 10.2. The molecule has 0 aliphatic carbocycles. The van der Waals surface area contributed by atoms with Crippen molar-refractivity contribution in [2.45, 2.75) is 6.92 Å². The average molecular weight is 287 g/mol. The minimum Gasteiger partial charge on any atom is -0.454 e. The Bertz CT molecular complexity index is 639. The number of amides is 1. The number of hydrogen-bond donors (Lipinski definition) is 1. The Morgan fingerprint density at radius 3 is 2.57 bits per heavy atom. The zero-order chi connectivity index (χ0) is 15.1. The Hall–Kier alpha value is -2.40. The molecule has 2 aromatic rings.